The second-order valence-electron chi connectivity index (χ2n) is 2.85. The molecule has 1 saturated heterocycles. The van der Waals surface area contributed by atoms with Crippen LogP contribution in [-0.2, 0) is 4.74 Å². The van der Waals surface area contributed by atoms with Gasteiger partial charge in [-0.15, -0.1) is 0 Å². The van der Waals surface area contributed by atoms with Gasteiger partial charge in [0, 0.05) is 0 Å². The summed E-state index contributed by atoms with van der Waals surface area (Å²) in [6.07, 6.45) is 2.32. The van der Waals surface area contributed by atoms with E-state index in [1.165, 1.54) is 0 Å². The van der Waals surface area contributed by atoms with Gasteiger partial charge < -0.3 is 9.84 Å². The van der Waals surface area contributed by atoms with Crippen molar-refractivity contribution in [3.63, 3.8) is 0 Å². The van der Waals surface area contributed by atoms with Gasteiger partial charge in [0.1, 0.15) is 6.10 Å². The fourth-order valence-corrected chi connectivity index (χ4v) is 1.24. The van der Waals surface area contributed by atoms with E-state index in [4.69, 9.17) is 9.84 Å². The number of aliphatic hydroxyl groups is 1. The molecule has 0 aliphatic carbocycles. The number of hydrogen-bond acceptors (Lipinski definition) is 2. The lowest BCUT2D eigenvalue weighted by Gasteiger charge is -2.00. The van der Waals surface area contributed by atoms with Gasteiger partial charge in [0.2, 0.25) is 0 Å². The third-order valence-corrected chi connectivity index (χ3v) is 1.95. The molecule has 0 spiro atoms. The van der Waals surface area contributed by atoms with Crippen molar-refractivity contribution in [3.8, 4) is 0 Å². The summed E-state index contributed by atoms with van der Waals surface area (Å²) >= 11 is 0. The van der Waals surface area contributed by atoms with E-state index in [1.54, 1.807) is 0 Å². The van der Waals surface area contributed by atoms with Crippen LogP contribution in [0.1, 0.15) is 26.7 Å². The van der Waals surface area contributed by atoms with Crippen LogP contribution in [0.25, 0.3) is 0 Å². The van der Waals surface area contributed by atoms with E-state index in [2.05, 4.69) is 13.8 Å². The molecule has 0 unspecified atom stereocenters. The molecule has 0 bridgehead atoms. The standard InChI is InChI=1S/C7H14O2/c1-3-4-7(2)6(5-8)9-7/h6,8H,3-5H2,1-2H3/t6-,7+/m1/s1. The number of hydrogen-bond donors (Lipinski definition) is 1. The van der Waals surface area contributed by atoms with Gasteiger partial charge in [0.25, 0.3) is 0 Å². The van der Waals surface area contributed by atoms with Crippen molar-refractivity contribution in [1.82, 2.24) is 0 Å². The second-order valence-corrected chi connectivity index (χ2v) is 2.85. The molecule has 1 aliphatic heterocycles. The Kier molecular flexibility index (Phi) is 1.78. The molecule has 2 nitrogen and oxygen atoms in total. The van der Waals surface area contributed by atoms with Gasteiger partial charge in [-0.1, -0.05) is 13.3 Å². The highest BCUT2D eigenvalue weighted by molar-refractivity contribution is 4.97. The minimum absolute atomic E-state index is 0.0174. The minimum atomic E-state index is 0.0174. The molecule has 0 aromatic carbocycles. The van der Waals surface area contributed by atoms with E-state index in [0.29, 0.717) is 0 Å². The average Bonchev–Trinajstić information content (AvgIpc) is 2.43. The van der Waals surface area contributed by atoms with Crippen molar-refractivity contribution in [1.29, 1.82) is 0 Å². The monoisotopic (exact) mass is 130 g/mol. The largest absolute Gasteiger partial charge is 0.394 e. The van der Waals surface area contributed by atoms with E-state index < -0.39 is 0 Å². The van der Waals surface area contributed by atoms with Gasteiger partial charge in [-0.25, -0.2) is 0 Å². The molecular weight excluding hydrogens is 116 g/mol. The SMILES string of the molecule is CCC[C@]1(C)O[C@@H]1CO. The Morgan fingerprint density at radius 1 is 1.67 bits per heavy atom. The first-order valence-corrected chi connectivity index (χ1v) is 3.51. The predicted octanol–water partition coefficient (Wildman–Crippen LogP) is 0.936. The van der Waals surface area contributed by atoms with Gasteiger partial charge >= 0.3 is 0 Å². The molecule has 1 rings (SSSR count). The number of aliphatic hydroxyl groups excluding tert-OH is 1. The summed E-state index contributed by atoms with van der Waals surface area (Å²) in [6.45, 7) is 4.36. The number of rotatable bonds is 3. The number of epoxide rings is 1. The quantitative estimate of drug-likeness (QED) is 0.576. The minimum Gasteiger partial charge on any atom is -0.394 e. The normalized spacial score (nSPS) is 41.0. The van der Waals surface area contributed by atoms with E-state index in [0.717, 1.165) is 12.8 Å². The zero-order valence-corrected chi connectivity index (χ0v) is 6.05. The molecular formula is C7H14O2. The third kappa shape index (κ3) is 1.25. The smallest absolute Gasteiger partial charge is 0.110 e. The van der Waals surface area contributed by atoms with Gasteiger partial charge in [0.15, 0.2) is 0 Å². The summed E-state index contributed by atoms with van der Waals surface area (Å²) < 4.78 is 5.24. The molecule has 0 aromatic heterocycles. The first-order valence-electron chi connectivity index (χ1n) is 3.51. The van der Waals surface area contributed by atoms with Crippen LogP contribution in [0.3, 0.4) is 0 Å². The molecule has 9 heavy (non-hydrogen) atoms. The second kappa shape index (κ2) is 2.27. The lowest BCUT2D eigenvalue weighted by atomic mass is 10.0. The van der Waals surface area contributed by atoms with Crippen molar-refractivity contribution >= 4 is 0 Å². The summed E-state index contributed by atoms with van der Waals surface area (Å²) in [7, 11) is 0. The van der Waals surface area contributed by atoms with Crippen LogP contribution in [0, 0.1) is 0 Å². The highest BCUT2D eigenvalue weighted by Gasteiger charge is 2.50. The van der Waals surface area contributed by atoms with Gasteiger partial charge in [-0.05, 0) is 13.3 Å². The molecule has 1 heterocycles. The van der Waals surface area contributed by atoms with Crippen LogP contribution in [0.4, 0.5) is 0 Å². The molecule has 0 saturated carbocycles. The van der Waals surface area contributed by atoms with Crippen molar-refractivity contribution in [2.24, 2.45) is 0 Å². The van der Waals surface area contributed by atoms with Gasteiger partial charge in [0.05, 0.1) is 12.2 Å². The molecule has 0 amide bonds. The first-order chi connectivity index (χ1) is 4.23. The fraction of sp³-hybridized carbons (Fsp3) is 1.00. The van der Waals surface area contributed by atoms with Crippen LogP contribution in [-0.4, -0.2) is 23.4 Å². The van der Waals surface area contributed by atoms with Crippen molar-refractivity contribution in [2.45, 2.75) is 38.4 Å². The number of ether oxygens (including phenoxy) is 1. The summed E-state index contributed by atoms with van der Waals surface area (Å²) in [6, 6.07) is 0. The van der Waals surface area contributed by atoms with Gasteiger partial charge in [-0.2, -0.15) is 0 Å². The fourth-order valence-electron chi connectivity index (χ4n) is 1.24. The highest BCUT2D eigenvalue weighted by Crippen LogP contribution is 2.39. The van der Waals surface area contributed by atoms with Crippen molar-refractivity contribution in [3.05, 3.63) is 0 Å². The maximum atomic E-state index is 8.64. The van der Waals surface area contributed by atoms with Crippen LogP contribution >= 0.6 is 0 Å². The van der Waals surface area contributed by atoms with E-state index in [1.807, 2.05) is 0 Å². The average molecular weight is 130 g/mol. The Morgan fingerprint density at radius 2 is 2.33 bits per heavy atom. The van der Waals surface area contributed by atoms with Crippen LogP contribution in [0.15, 0.2) is 0 Å². The summed E-state index contributed by atoms with van der Waals surface area (Å²) in [4.78, 5) is 0. The maximum absolute atomic E-state index is 8.64. The third-order valence-electron chi connectivity index (χ3n) is 1.95. The van der Waals surface area contributed by atoms with Crippen LogP contribution in [0.2, 0.25) is 0 Å². The summed E-state index contributed by atoms with van der Waals surface area (Å²) in [5, 5.41) is 8.64. The maximum Gasteiger partial charge on any atom is 0.110 e. The molecule has 1 fully saturated rings. The van der Waals surface area contributed by atoms with E-state index in [9.17, 15) is 0 Å². The highest BCUT2D eigenvalue weighted by atomic mass is 16.6. The van der Waals surface area contributed by atoms with Crippen LogP contribution < -0.4 is 0 Å². The Labute approximate surface area is 55.8 Å². The predicted molar refractivity (Wildman–Crippen MR) is 35.3 cm³/mol. The zero-order valence-electron chi connectivity index (χ0n) is 6.05. The molecule has 2 heteroatoms. The molecule has 54 valence electrons. The molecule has 2 atom stereocenters. The summed E-state index contributed by atoms with van der Waals surface area (Å²) in [5.41, 5.74) is 0.0174. The van der Waals surface area contributed by atoms with Crippen molar-refractivity contribution in [2.75, 3.05) is 6.61 Å². The molecule has 1 N–H and O–H groups in total. The lowest BCUT2D eigenvalue weighted by Crippen LogP contribution is -2.11. The van der Waals surface area contributed by atoms with Gasteiger partial charge in [-0.3, -0.25) is 0 Å². The van der Waals surface area contributed by atoms with E-state index in [-0.39, 0.29) is 18.3 Å². The molecule has 0 aromatic rings. The summed E-state index contributed by atoms with van der Waals surface area (Å²) in [5.74, 6) is 0. The Balaban J connectivity index is 2.25. The Bertz CT molecular complexity index is 103. The van der Waals surface area contributed by atoms with E-state index >= 15 is 0 Å². The molecule has 1 aliphatic rings. The van der Waals surface area contributed by atoms with Crippen molar-refractivity contribution < 1.29 is 9.84 Å². The Morgan fingerprint density at radius 3 is 2.67 bits per heavy atom. The zero-order chi connectivity index (χ0) is 6.91. The van der Waals surface area contributed by atoms with Crippen LogP contribution in [0.5, 0.6) is 0 Å². The lowest BCUT2D eigenvalue weighted by molar-refractivity contribution is 0.235. The topological polar surface area (TPSA) is 32.8 Å². The molecule has 0 radical (unpaired) electrons. The first kappa shape index (κ1) is 7.03. The Hall–Kier alpha value is -0.0800.